The highest BCUT2D eigenvalue weighted by atomic mass is 19.1. The lowest BCUT2D eigenvalue weighted by atomic mass is 10.1. The molecule has 23 heavy (non-hydrogen) atoms. The molecule has 3 rings (SSSR count). The van der Waals surface area contributed by atoms with Gasteiger partial charge in [-0.25, -0.2) is 9.37 Å². The molecule has 1 aliphatic rings. The van der Waals surface area contributed by atoms with Gasteiger partial charge in [0.15, 0.2) is 5.69 Å². The van der Waals surface area contributed by atoms with Crippen molar-refractivity contribution in [2.24, 2.45) is 0 Å². The second-order valence-corrected chi connectivity index (χ2v) is 5.63. The number of aromatic hydroxyl groups is 1. The van der Waals surface area contributed by atoms with E-state index >= 15 is 0 Å². The van der Waals surface area contributed by atoms with Crippen molar-refractivity contribution in [2.45, 2.75) is 25.0 Å². The van der Waals surface area contributed by atoms with Crippen LogP contribution in [0.5, 0.6) is 5.75 Å². The summed E-state index contributed by atoms with van der Waals surface area (Å²) in [5.74, 6) is -0.972. The molecule has 1 aromatic heterocycles. The predicted octanol–water partition coefficient (Wildman–Crippen LogP) is 2.26. The number of amides is 1. The number of carbonyl (C=O) groups is 1. The van der Waals surface area contributed by atoms with E-state index in [2.05, 4.69) is 4.98 Å². The molecule has 1 atom stereocenters. The fraction of sp³-hybridized carbons (Fsp3) is 0.294. The normalized spacial score (nSPS) is 15.2. The molecule has 5 nitrogen and oxygen atoms in total. The van der Waals surface area contributed by atoms with E-state index < -0.39 is 12.0 Å². The average molecular weight is 316 g/mol. The molecule has 2 N–H and O–H groups in total. The largest absolute Gasteiger partial charge is 0.505 e. The van der Waals surface area contributed by atoms with Gasteiger partial charge in [0.2, 0.25) is 0 Å². The molecule has 1 amide bonds. The molecule has 2 aromatic rings. The molecule has 0 aliphatic heterocycles. The van der Waals surface area contributed by atoms with E-state index in [4.69, 9.17) is 0 Å². The standard InChI is InChI=1S/C17H17FN2O3/c18-12-5-3-11(4-6-12)15(22)10-20(13-7-8-13)17(23)16-14(21)2-1-9-19-16/h1-6,9,13,15,21-22H,7-8,10H2/t15-/m0/s1. The molecule has 0 bridgehead atoms. The molecule has 1 saturated carbocycles. The lowest BCUT2D eigenvalue weighted by Crippen LogP contribution is -2.37. The van der Waals surface area contributed by atoms with Crippen molar-refractivity contribution in [1.29, 1.82) is 0 Å². The number of benzene rings is 1. The maximum absolute atomic E-state index is 13.0. The zero-order valence-electron chi connectivity index (χ0n) is 12.4. The van der Waals surface area contributed by atoms with E-state index in [1.807, 2.05) is 0 Å². The van der Waals surface area contributed by atoms with E-state index in [9.17, 15) is 19.4 Å². The number of nitrogens with zero attached hydrogens (tertiary/aromatic N) is 2. The highest BCUT2D eigenvalue weighted by Crippen LogP contribution is 2.31. The topological polar surface area (TPSA) is 73.7 Å². The molecule has 0 saturated heterocycles. The summed E-state index contributed by atoms with van der Waals surface area (Å²) < 4.78 is 13.0. The van der Waals surface area contributed by atoms with Gasteiger partial charge in [0.1, 0.15) is 11.6 Å². The first kappa shape index (κ1) is 15.4. The third-order valence-corrected chi connectivity index (χ3v) is 3.86. The second kappa shape index (κ2) is 6.34. The van der Waals surface area contributed by atoms with Gasteiger partial charge in [-0.15, -0.1) is 0 Å². The minimum Gasteiger partial charge on any atom is -0.505 e. The lowest BCUT2D eigenvalue weighted by Gasteiger charge is -2.25. The van der Waals surface area contributed by atoms with Gasteiger partial charge in [-0.1, -0.05) is 12.1 Å². The first-order valence-electron chi connectivity index (χ1n) is 7.44. The quantitative estimate of drug-likeness (QED) is 0.887. The summed E-state index contributed by atoms with van der Waals surface area (Å²) in [6.07, 6.45) is 2.23. The first-order valence-corrected chi connectivity index (χ1v) is 7.44. The van der Waals surface area contributed by atoms with Gasteiger partial charge in [0.25, 0.3) is 5.91 Å². The Morgan fingerprint density at radius 3 is 2.61 bits per heavy atom. The van der Waals surface area contributed by atoms with Crippen LogP contribution in [-0.2, 0) is 0 Å². The Hall–Kier alpha value is -2.47. The monoisotopic (exact) mass is 316 g/mol. The van der Waals surface area contributed by atoms with Crippen molar-refractivity contribution in [3.8, 4) is 5.75 Å². The molecule has 1 aliphatic carbocycles. The van der Waals surface area contributed by atoms with Crippen molar-refractivity contribution in [3.05, 3.63) is 59.7 Å². The first-order chi connectivity index (χ1) is 11.1. The van der Waals surface area contributed by atoms with Crippen LogP contribution in [0.4, 0.5) is 4.39 Å². The molecule has 6 heteroatoms. The number of aliphatic hydroxyl groups is 1. The van der Waals surface area contributed by atoms with E-state index in [0.717, 1.165) is 12.8 Å². The third kappa shape index (κ3) is 3.48. The summed E-state index contributed by atoms with van der Waals surface area (Å²) in [6.45, 7) is 0.0746. The molecule has 1 aromatic carbocycles. The smallest absolute Gasteiger partial charge is 0.276 e. The molecule has 1 fully saturated rings. The summed E-state index contributed by atoms with van der Waals surface area (Å²) in [7, 11) is 0. The SMILES string of the molecule is O=C(c1ncccc1O)N(C[C@H](O)c1ccc(F)cc1)C1CC1. The number of hydrogen-bond donors (Lipinski definition) is 2. The van der Waals surface area contributed by atoms with Crippen LogP contribution in [0.25, 0.3) is 0 Å². The van der Waals surface area contributed by atoms with Gasteiger partial charge in [-0.05, 0) is 42.7 Å². The van der Waals surface area contributed by atoms with Crippen LogP contribution in [-0.4, -0.2) is 38.6 Å². The minimum atomic E-state index is -0.925. The molecule has 0 unspecified atom stereocenters. The van der Waals surface area contributed by atoms with Crippen LogP contribution in [0.3, 0.4) is 0 Å². The maximum atomic E-state index is 13.0. The van der Waals surface area contributed by atoms with Gasteiger partial charge in [-0.2, -0.15) is 0 Å². The molecule has 0 spiro atoms. The highest BCUT2D eigenvalue weighted by Gasteiger charge is 2.35. The number of carbonyl (C=O) groups excluding carboxylic acids is 1. The van der Waals surface area contributed by atoms with Gasteiger partial charge < -0.3 is 15.1 Å². The number of rotatable bonds is 5. The van der Waals surface area contributed by atoms with Crippen molar-refractivity contribution in [3.63, 3.8) is 0 Å². The van der Waals surface area contributed by atoms with Crippen LogP contribution in [0, 0.1) is 5.82 Å². The van der Waals surface area contributed by atoms with Crippen LogP contribution in [0.15, 0.2) is 42.6 Å². The summed E-state index contributed by atoms with van der Waals surface area (Å²) in [5, 5.41) is 20.1. The average Bonchev–Trinajstić information content (AvgIpc) is 3.37. The Morgan fingerprint density at radius 2 is 2.00 bits per heavy atom. The molecule has 120 valence electrons. The number of pyridine rings is 1. The minimum absolute atomic E-state index is 0.0225. The summed E-state index contributed by atoms with van der Waals surface area (Å²) >= 11 is 0. The van der Waals surface area contributed by atoms with Gasteiger partial charge in [-0.3, -0.25) is 4.79 Å². The van der Waals surface area contributed by atoms with E-state index in [1.54, 1.807) is 6.07 Å². The van der Waals surface area contributed by atoms with E-state index in [1.165, 1.54) is 41.4 Å². The Morgan fingerprint density at radius 1 is 1.30 bits per heavy atom. The summed E-state index contributed by atoms with van der Waals surface area (Å²) in [6, 6.07) is 8.52. The Kier molecular flexibility index (Phi) is 4.25. The zero-order chi connectivity index (χ0) is 16.4. The number of halogens is 1. The summed E-state index contributed by atoms with van der Waals surface area (Å²) in [5.41, 5.74) is 0.515. The fourth-order valence-electron chi connectivity index (χ4n) is 2.46. The number of aliphatic hydroxyl groups excluding tert-OH is 1. The highest BCUT2D eigenvalue weighted by molar-refractivity contribution is 5.95. The van der Waals surface area contributed by atoms with Gasteiger partial charge >= 0.3 is 0 Å². The number of aromatic nitrogens is 1. The zero-order valence-corrected chi connectivity index (χ0v) is 12.4. The van der Waals surface area contributed by atoms with Crippen LogP contribution in [0.2, 0.25) is 0 Å². The molecular weight excluding hydrogens is 299 g/mol. The maximum Gasteiger partial charge on any atom is 0.276 e. The van der Waals surface area contributed by atoms with Crippen LogP contribution < -0.4 is 0 Å². The Labute approximate surface area is 133 Å². The molecule has 1 heterocycles. The Bertz CT molecular complexity index is 701. The third-order valence-electron chi connectivity index (χ3n) is 3.86. The van der Waals surface area contributed by atoms with Crippen molar-refractivity contribution in [2.75, 3.05) is 6.54 Å². The van der Waals surface area contributed by atoms with Crippen molar-refractivity contribution >= 4 is 5.91 Å². The van der Waals surface area contributed by atoms with Gasteiger partial charge in [0.05, 0.1) is 12.6 Å². The summed E-state index contributed by atoms with van der Waals surface area (Å²) in [4.78, 5) is 18.1. The number of hydrogen-bond acceptors (Lipinski definition) is 4. The predicted molar refractivity (Wildman–Crippen MR) is 81.3 cm³/mol. The van der Waals surface area contributed by atoms with Crippen LogP contribution >= 0.6 is 0 Å². The fourth-order valence-corrected chi connectivity index (χ4v) is 2.46. The van der Waals surface area contributed by atoms with Gasteiger partial charge in [0, 0.05) is 12.2 Å². The van der Waals surface area contributed by atoms with Crippen molar-refractivity contribution < 1.29 is 19.4 Å². The van der Waals surface area contributed by atoms with Crippen molar-refractivity contribution in [1.82, 2.24) is 9.88 Å². The molecule has 0 radical (unpaired) electrons. The molecular formula is C17H17FN2O3. The van der Waals surface area contributed by atoms with Crippen LogP contribution in [0.1, 0.15) is 35.0 Å². The Balaban J connectivity index is 1.78. The van der Waals surface area contributed by atoms with E-state index in [-0.39, 0.29) is 29.8 Å². The lowest BCUT2D eigenvalue weighted by molar-refractivity contribution is 0.0594. The van der Waals surface area contributed by atoms with E-state index in [0.29, 0.717) is 5.56 Å². The second-order valence-electron chi connectivity index (χ2n) is 5.63.